The van der Waals surface area contributed by atoms with Gasteiger partial charge in [-0.2, -0.15) is 11.8 Å². The number of hydrogen-bond donors (Lipinski definition) is 2. The van der Waals surface area contributed by atoms with Gasteiger partial charge in [-0.1, -0.05) is 32.0 Å². The largest absolute Gasteiger partial charge is 0.361 e. The van der Waals surface area contributed by atoms with Crippen molar-refractivity contribution in [2.24, 2.45) is 5.73 Å². The maximum atomic E-state index is 5.72. The standard InChI is InChI=1S/C13H18N2S/c1-9(2)16-8-11-7-15-13-10(6-14)4-3-5-12(11)13/h3-5,7,9,15H,6,8,14H2,1-2H3. The fourth-order valence-electron chi connectivity index (χ4n) is 1.82. The van der Waals surface area contributed by atoms with Gasteiger partial charge in [-0.05, 0) is 16.4 Å². The topological polar surface area (TPSA) is 41.8 Å². The molecule has 16 heavy (non-hydrogen) atoms. The van der Waals surface area contributed by atoms with Gasteiger partial charge in [0.15, 0.2) is 0 Å². The number of para-hydroxylation sites is 1. The maximum Gasteiger partial charge on any atom is 0.0502 e. The van der Waals surface area contributed by atoms with Crippen LogP contribution in [0.15, 0.2) is 24.4 Å². The van der Waals surface area contributed by atoms with E-state index >= 15 is 0 Å². The molecule has 2 rings (SSSR count). The van der Waals surface area contributed by atoms with Crippen molar-refractivity contribution in [2.45, 2.75) is 31.4 Å². The predicted octanol–water partition coefficient (Wildman–Crippen LogP) is 3.27. The molecule has 0 aliphatic heterocycles. The molecular weight excluding hydrogens is 216 g/mol. The first-order chi connectivity index (χ1) is 7.72. The fourth-order valence-corrected chi connectivity index (χ4v) is 2.57. The highest BCUT2D eigenvalue weighted by Crippen LogP contribution is 2.26. The van der Waals surface area contributed by atoms with Crippen LogP contribution in [0.1, 0.15) is 25.0 Å². The quantitative estimate of drug-likeness (QED) is 0.852. The summed E-state index contributed by atoms with van der Waals surface area (Å²) in [6.45, 7) is 5.05. The van der Waals surface area contributed by atoms with Crippen LogP contribution in [-0.2, 0) is 12.3 Å². The number of aromatic amines is 1. The first-order valence-electron chi connectivity index (χ1n) is 5.62. The van der Waals surface area contributed by atoms with Gasteiger partial charge in [0.05, 0.1) is 5.52 Å². The van der Waals surface area contributed by atoms with Crippen LogP contribution in [0.3, 0.4) is 0 Å². The van der Waals surface area contributed by atoms with Crippen LogP contribution in [0.4, 0.5) is 0 Å². The summed E-state index contributed by atoms with van der Waals surface area (Å²) in [5.74, 6) is 1.06. The zero-order chi connectivity index (χ0) is 11.5. The highest BCUT2D eigenvalue weighted by atomic mass is 32.2. The Morgan fingerprint density at radius 3 is 2.81 bits per heavy atom. The van der Waals surface area contributed by atoms with Crippen molar-refractivity contribution in [3.8, 4) is 0 Å². The van der Waals surface area contributed by atoms with Crippen molar-refractivity contribution < 1.29 is 0 Å². The maximum absolute atomic E-state index is 5.72. The minimum Gasteiger partial charge on any atom is -0.361 e. The molecule has 0 saturated carbocycles. The Balaban J connectivity index is 2.34. The second-order valence-electron chi connectivity index (χ2n) is 4.22. The molecule has 2 nitrogen and oxygen atoms in total. The van der Waals surface area contributed by atoms with E-state index in [1.165, 1.54) is 22.0 Å². The lowest BCUT2D eigenvalue weighted by atomic mass is 10.1. The molecule has 0 unspecified atom stereocenters. The van der Waals surface area contributed by atoms with Crippen molar-refractivity contribution in [3.63, 3.8) is 0 Å². The van der Waals surface area contributed by atoms with Crippen LogP contribution in [-0.4, -0.2) is 10.2 Å². The van der Waals surface area contributed by atoms with E-state index in [1.54, 1.807) is 0 Å². The normalized spacial score (nSPS) is 11.5. The molecule has 3 heteroatoms. The van der Waals surface area contributed by atoms with E-state index in [2.05, 4.69) is 43.2 Å². The Bertz CT molecular complexity index is 474. The average Bonchev–Trinajstić information content (AvgIpc) is 2.69. The van der Waals surface area contributed by atoms with E-state index < -0.39 is 0 Å². The van der Waals surface area contributed by atoms with Crippen LogP contribution in [0.25, 0.3) is 10.9 Å². The van der Waals surface area contributed by atoms with Gasteiger partial charge in [0.1, 0.15) is 0 Å². The molecule has 0 aliphatic carbocycles. The number of hydrogen-bond acceptors (Lipinski definition) is 2. The number of nitrogens with one attached hydrogen (secondary N) is 1. The number of thioether (sulfide) groups is 1. The number of benzene rings is 1. The van der Waals surface area contributed by atoms with Gasteiger partial charge in [-0.25, -0.2) is 0 Å². The van der Waals surface area contributed by atoms with Crippen molar-refractivity contribution in [1.82, 2.24) is 4.98 Å². The Labute approximate surface area is 101 Å². The Kier molecular flexibility index (Phi) is 3.56. The lowest BCUT2D eigenvalue weighted by Gasteiger charge is -2.04. The third-order valence-electron chi connectivity index (χ3n) is 2.68. The second kappa shape index (κ2) is 4.93. The van der Waals surface area contributed by atoms with Crippen LogP contribution in [0.5, 0.6) is 0 Å². The molecule has 0 bridgehead atoms. The Morgan fingerprint density at radius 2 is 2.12 bits per heavy atom. The monoisotopic (exact) mass is 234 g/mol. The van der Waals surface area contributed by atoms with E-state index in [-0.39, 0.29) is 0 Å². The number of aromatic nitrogens is 1. The Morgan fingerprint density at radius 1 is 1.31 bits per heavy atom. The van der Waals surface area contributed by atoms with Gasteiger partial charge >= 0.3 is 0 Å². The van der Waals surface area contributed by atoms with Gasteiger partial charge in [-0.15, -0.1) is 0 Å². The number of fused-ring (bicyclic) bond motifs is 1. The third kappa shape index (κ3) is 2.25. The van der Waals surface area contributed by atoms with E-state index in [0.717, 1.165) is 5.75 Å². The summed E-state index contributed by atoms with van der Waals surface area (Å²) in [4.78, 5) is 3.34. The average molecular weight is 234 g/mol. The number of nitrogens with two attached hydrogens (primary N) is 1. The third-order valence-corrected chi connectivity index (χ3v) is 3.82. The van der Waals surface area contributed by atoms with Gasteiger partial charge in [0.25, 0.3) is 0 Å². The summed E-state index contributed by atoms with van der Waals surface area (Å²) in [5, 5.41) is 1.98. The summed E-state index contributed by atoms with van der Waals surface area (Å²) in [6, 6.07) is 6.33. The van der Waals surface area contributed by atoms with Crippen molar-refractivity contribution in [1.29, 1.82) is 0 Å². The highest BCUT2D eigenvalue weighted by molar-refractivity contribution is 7.99. The van der Waals surface area contributed by atoms with E-state index in [0.29, 0.717) is 11.8 Å². The van der Waals surface area contributed by atoms with Gasteiger partial charge in [0.2, 0.25) is 0 Å². The SMILES string of the molecule is CC(C)SCc1c[nH]c2c(CN)cccc12. The van der Waals surface area contributed by atoms with Crippen LogP contribution >= 0.6 is 11.8 Å². The van der Waals surface area contributed by atoms with Crippen molar-refractivity contribution >= 4 is 22.7 Å². The first-order valence-corrected chi connectivity index (χ1v) is 6.66. The first kappa shape index (κ1) is 11.6. The Hall–Kier alpha value is -0.930. The molecule has 0 spiro atoms. The van der Waals surface area contributed by atoms with Crippen LogP contribution in [0.2, 0.25) is 0 Å². The summed E-state index contributed by atoms with van der Waals surface area (Å²) in [6.07, 6.45) is 2.11. The van der Waals surface area contributed by atoms with Gasteiger partial charge < -0.3 is 10.7 Å². The fraction of sp³-hybridized carbons (Fsp3) is 0.385. The number of H-pyrrole nitrogens is 1. The minimum absolute atomic E-state index is 0.592. The molecule has 0 radical (unpaired) electrons. The lowest BCUT2D eigenvalue weighted by Crippen LogP contribution is -1.96. The molecule has 1 heterocycles. The lowest BCUT2D eigenvalue weighted by molar-refractivity contribution is 1.08. The summed E-state index contributed by atoms with van der Waals surface area (Å²) < 4.78 is 0. The van der Waals surface area contributed by atoms with E-state index in [4.69, 9.17) is 5.73 Å². The summed E-state index contributed by atoms with van der Waals surface area (Å²) in [5.41, 5.74) is 9.49. The molecule has 86 valence electrons. The smallest absolute Gasteiger partial charge is 0.0502 e. The van der Waals surface area contributed by atoms with Crippen molar-refractivity contribution in [3.05, 3.63) is 35.5 Å². The zero-order valence-corrected chi connectivity index (χ0v) is 10.6. The molecule has 1 aromatic heterocycles. The van der Waals surface area contributed by atoms with E-state index in [1.807, 2.05) is 11.8 Å². The summed E-state index contributed by atoms with van der Waals surface area (Å²) in [7, 11) is 0. The molecular formula is C13H18N2S. The van der Waals surface area contributed by atoms with Gasteiger partial charge in [-0.3, -0.25) is 0 Å². The molecule has 3 N–H and O–H groups in total. The zero-order valence-electron chi connectivity index (χ0n) is 9.79. The number of rotatable bonds is 4. The molecule has 2 aromatic rings. The molecule has 0 fully saturated rings. The second-order valence-corrected chi connectivity index (χ2v) is 5.78. The van der Waals surface area contributed by atoms with Crippen LogP contribution < -0.4 is 5.73 Å². The molecule has 0 atom stereocenters. The minimum atomic E-state index is 0.592. The van der Waals surface area contributed by atoms with Crippen molar-refractivity contribution in [2.75, 3.05) is 0 Å². The van der Waals surface area contributed by atoms with Crippen LogP contribution in [0, 0.1) is 0 Å². The molecule has 1 aromatic carbocycles. The molecule has 0 saturated heterocycles. The highest BCUT2D eigenvalue weighted by Gasteiger charge is 2.07. The molecule has 0 aliphatic rings. The predicted molar refractivity (Wildman–Crippen MR) is 72.6 cm³/mol. The van der Waals surface area contributed by atoms with Gasteiger partial charge in [0, 0.05) is 23.9 Å². The summed E-state index contributed by atoms with van der Waals surface area (Å²) >= 11 is 1.97. The molecule has 0 amide bonds. The van der Waals surface area contributed by atoms with E-state index in [9.17, 15) is 0 Å².